The van der Waals surface area contributed by atoms with Crippen LogP contribution in [0.4, 0.5) is 0 Å². The smallest absolute Gasteiger partial charge is 0.229 e. The number of thioether (sulfide) groups is 1. The SMILES string of the molecule is CCOc1ccccc1[C@@H]1CC(=O)N2CN(Cc3ccccc3)CSC2=C1C#N. The van der Waals surface area contributed by atoms with E-state index in [1.54, 1.807) is 16.7 Å². The maximum Gasteiger partial charge on any atom is 0.229 e. The zero-order valence-electron chi connectivity index (χ0n) is 16.4. The van der Waals surface area contributed by atoms with E-state index in [1.165, 1.54) is 5.56 Å². The van der Waals surface area contributed by atoms with E-state index in [-0.39, 0.29) is 18.2 Å². The van der Waals surface area contributed by atoms with Gasteiger partial charge in [0.05, 0.1) is 35.8 Å². The summed E-state index contributed by atoms with van der Waals surface area (Å²) >= 11 is 1.58. The molecule has 0 bridgehead atoms. The standard InChI is InChI=1S/C23H23N3O2S/c1-2-28-21-11-7-6-10-18(21)19-12-22(27)26-15-25(14-17-8-4-3-5-9-17)16-29-23(26)20(19)13-24/h3-11,19H,2,12,14-16H2,1H3/t19-/m0/s1. The number of nitrogens with zero attached hydrogens (tertiary/aromatic N) is 3. The zero-order valence-corrected chi connectivity index (χ0v) is 17.2. The lowest BCUT2D eigenvalue weighted by Gasteiger charge is -2.41. The first-order valence-corrected chi connectivity index (χ1v) is 10.7. The number of hydrogen-bond donors (Lipinski definition) is 0. The molecule has 1 amide bonds. The monoisotopic (exact) mass is 405 g/mol. The van der Waals surface area contributed by atoms with Gasteiger partial charge in [0.15, 0.2) is 0 Å². The molecule has 4 rings (SSSR count). The van der Waals surface area contributed by atoms with E-state index < -0.39 is 0 Å². The molecule has 1 atom stereocenters. The van der Waals surface area contributed by atoms with E-state index in [0.717, 1.165) is 28.8 Å². The molecule has 0 N–H and O–H groups in total. The molecule has 0 aromatic heterocycles. The molecule has 2 aromatic rings. The molecule has 0 radical (unpaired) electrons. The maximum atomic E-state index is 13.0. The van der Waals surface area contributed by atoms with Crippen LogP contribution in [0.3, 0.4) is 0 Å². The number of carbonyl (C=O) groups excluding carboxylic acids is 1. The Morgan fingerprint density at radius 1 is 1.17 bits per heavy atom. The van der Waals surface area contributed by atoms with Crippen molar-refractivity contribution in [2.45, 2.75) is 25.8 Å². The number of fused-ring (bicyclic) bond motifs is 1. The minimum absolute atomic E-state index is 0.0561. The van der Waals surface area contributed by atoms with Crippen LogP contribution in [0.25, 0.3) is 0 Å². The summed E-state index contributed by atoms with van der Waals surface area (Å²) in [4.78, 5) is 17.0. The molecule has 0 aliphatic carbocycles. The van der Waals surface area contributed by atoms with Gasteiger partial charge in [0.25, 0.3) is 0 Å². The van der Waals surface area contributed by atoms with Crippen LogP contribution in [0.2, 0.25) is 0 Å². The number of hydrogen-bond acceptors (Lipinski definition) is 5. The fourth-order valence-electron chi connectivity index (χ4n) is 3.87. The van der Waals surface area contributed by atoms with Crippen molar-refractivity contribution in [3.63, 3.8) is 0 Å². The number of carbonyl (C=O) groups is 1. The lowest BCUT2D eigenvalue weighted by Crippen LogP contribution is -2.46. The minimum Gasteiger partial charge on any atom is -0.494 e. The van der Waals surface area contributed by atoms with Crippen LogP contribution < -0.4 is 4.74 Å². The van der Waals surface area contributed by atoms with E-state index >= 15 is 0 Å². The molecular weight excluding hydrogens is 382 g/mol. The van der Waals surface area contributed by atoms with Gasteiger partial charge in [-0.25, -0.2) is 0 Å². The number of para-hydroxylation sites is 1. The Labute approximate surface area is 175 Å². The molecule has 1 saturated heterocycles. The summed E-state index contributed by atoms with van der Waals surface area (Å²) in [6, 6.07) is 20.4. The van der Waals surface area contributed by atoms with Gasteiger partial charge in [-0.2, -0.15) is 5.26 Å². The summed E-state index contributed by atoms with van der Waals surface area (Å²) < 4.78 is 5.77. The number of nitriles is 1. The van der Waals surface area contributed by atoms with Crippen LogP contribution >= 0.6 is 11.8 Å². The predicted octanol–water partition coefficient (Wildman–Crippen LogP) is 4.30. The summed E-state index contributed by atoms with van der Waals surface area (Å²) in [5, 5.41) is 10.8. The van der Waals surface area contributed by atoms with Crippen LogP contribution in [0.5, 0.6) is 5.75 Å². The maximum absolute atomic E-state index is 13.0. The molecule has 5 nitrogen and oxygen atoms in total. The molecule has 2 aromatic carbocycles. The van der Waals surface area contributed by atoms with Gasteiger partial charge < -0.3 is 4.74 Å². The third-order valence-corrected chi connectivity index (χ3v) is 6.40. The largest absolute Gasteiger partial charge is 0.494 e. The average Bonchev–Trinajstić information content (AvgIpc) is 2.75. The predicted molar refractivity (Wildman–Crippen MR) is 114 cm³/mol. The zero-order chi connectivity index (χ0) is 20.2. The Bertz CT molecular complexity index is 968. The second-order valence-corrected chi connectivity index (χ2v) is 8.04. The Kier molecular flexibility index (Phi) is 5.89. The first-order chi connectivity index (χ1) is 14.2. The van der Waals surface area contributed by atoms with Gasteiger partial charge >= 0.3 is 0 Å². The van der Waals surface area contributed by atoms with Crippen molar-refractivity contribution in [3.05, 3.63) is 76.3 Å². The highest BCUT2D eigenvalue weighted by Crippen LogP contribution is 2.44. The van der Waals surface area contributed by atoms with Crippen LogP contribution in [0.1, 0.15) is 30.4 Å². The number of ether oxygens (including phenoxy) is 1. The third kappa shape index (κ3) is 4.02. The lowest BCUT2D eigenvalue weighted by molar-refractivity contribution is -0.131. The minimum atomic E-state index is -0.255. The van der Waals surface area contributed by atoms with Crippen LogP contribution in [-0.2, 0) is 11.3 Å². The van der Waals surface area contributed by atoms with Crippen molar-refractivity contribution in [3.8, 4) is 11.8 Å². The molecule has 1 fully saturated rings. The van der Waals surface area contributed by atoms with Crippen molar-refractivity contribution >= 4 is 17.7 Å². The van der Waals surface area contributed by atoms with Crippen molar-refractivity contribution in [1.29, 1.82) is 5.26 Å². The van der Waals surface area contributed by atoms with Gasteiger partial charge in [-0.05, 0) is 18.6 Å². The first-order valence-electron chi connectivity index (χ1n) is 9.76. The third-order valence-electron chi connectivity index (χ3n) is 5.19. The number of benzene rings is 2. The highest BCUT2D eigenvalue weighted by Gasteiger charge is 2.39. The Hall–Kier alpha value is -2.75. The molecule has 148 valence electrons. The fourth-order valence-corrected chi connectivity index (χ4v) is 5.01. The van der Waals surface area contributed by atoms with Gasteiger partial charge in [0.1, 0.15) is 5.75 Å². The number of allylic oxidation sites excluding steroid dienone is 1. The highest BCUT2D eigenvalue weighted by atomic mass is 32.2. The number of amides is 1. The van der Waals surface area contributed by atoms with E-state index in [9.17, 15) is 10.1 Å². The molecule has 2 aliphatic heterocycles. The molecule has 0 unspecified atom stereocenters. The van der Waals surface area contributed by atoms with E-state index in [4.69, 9.17) is 4.74 Å². The quantitative estimate of drug-likeness (QED) is 0.742. The molecule has 0 spiro atoms. The van der Waals surface area contributed by atoms with E-state index in [2.05, 4.69) is 23.1 Å². The van der Waals surface area contributed by atoms with Gasteiger partial charge in [0.2, 0.25) is 5.91 Å². The second-order valence-electron chi connectivity index (χ2n) is 7.11. The summed E-state index contributed by atoms with van der Waals surface area (Å²) in [7, 11) is 0. The Morgan fingerprint density at radius 2 is 1.93 bits per heavy atom. The Morgan fingerprint density at radius 3 is 2.69 bits per heavy atom. The molecular formula is C23H23N3O2S. The molecule has 0 saturated carbocycles. The summed E-state index contributed by atoms with van der Waals surface area (Å²) in [6.07, 6.45) is 0.288. The van der Waals surface area contributed by atoms with Crippen molar-refractivity contribution in [2.75, 3.05) is 19.2 Å². The van der Waals surface area contributed by atoms with Gasteiger partial charge in [-0.15, -0.1) is 0 Å². The molecule has 2 aliphatic rings. The van der Waals surface area contributed by atoms with Crippen LogP contribution in [0, 0.1) is 11.3 Å². The topological polar surface area (TPSA) is 56.6 Å². The van der Waals surface area contributed by atoms with Crippen molar-refractivity contribution < 1.29 is 9.53 Å². The fraction of sp³-hybridized carbons (Fsp3) is 0.304. The van der Waals surface area contributed by atoms with Crippen LogP contribution in [-0.4, -0.2) is 34.9 Å². The van der Waals surface area contributed by atoms with E-state index in [0.29, 0.717) is 18.8 Å². The summed E-state index contributed by atoms with van der Waals surface area (Å²) in [5.41, 5.74) is 2.80. The molecule has 6 heteroatoms. The van der Waals surface area contributed by atoms with Gasteiger partial charge in [-0.3, -0.25) is 14.6 Å². The molecule has 29 heavy (non-hydrogen) atoms. The number of rotatable bonds is 5. The summed E-state index contributed by atoms with van der Waals surface area (Å²) in [5.74, 6) is 1.30. The van der Waals surface area contributed by atoms with Crippen molar-refractivity contribution in [2.24, 2.45) is 0 Å². The first kappa shape index (κ1) is 19.6. The Balaban J connectivity index is 1.61. The average molecular weight is 406 g/mol. The second kappa shape index (κ2) is 8.73. The summed E-state index contributed by atoms with van der Waals surface area (Å²) in [6.45, 7) is 3.78. The van der Waals surface area contributed by atoms with Gasteiger partial charge in [0, 0.05) is 24.4 Å². The van der Waals surface area contributed by atoms with Crippen LogP contribution in [0.15, 0.2) is 65.2 Å². The lowest BCUT2D eigenvalue weighted by atomic mass is 9.86. The van der Waals surface area contributed by atoms with E-state index in [1.807, 2.05) is 49.4 Å². The van der Waals surface area contributed by atoms with Gasteiger partial charge in [-0.1, -0.05) is 60.3 Å². The molecule has 2 heterocycles. The normalized spacial score (nSPS) is 19.7. The van der Waals surface area contributed by atoms with Crippen molar-refractivity contribution in [1.82, 2.24) is 9.80 Å². The highest BCUT2D eigenvalue weighted by molar-refractivity contribution is 8.03.